The minimum Gasteiger partial charge on any atom is -0.545 e. The molecule has 12 heavy (non-hydrogen) atoms. The number of hydrogen-bond donors (Lipinski definition) is 0. The van der Waals surface area contributed by atoms with E-state index in [0.717, 1.165) is 0 Å². The van der Waals surface area contributed by atoms with E-state index in [-0.39, 0.29) is 71.2 Å². The standard InChI is InChI=1S/C7H12O.CHO.2Y/c1-5-6(8)7(2,3)4;1-2;;/h2-3,5H2,1,4H3;1H;;/q-2;-1;;. The maximum Gasteiger partial charge on any atom is 0.0798 e. The molecule has 0 aromatic heterocycles. The van der Waals surface area contributed by atoms with Crippen LogP contribution < -0.4 is 0 Å². The average Bonchev–Trinajstić information content (AvgIpc) is 1.89. The molecule has 0 spiro atoms. The first-order chi connectivity index (χ1) is 4.48. The topological polar surface area (TPSA) is 34.1 Å². The Morgan fingerprint density at radius 1 is 1.33 bits per heavy atom. The molecule has 0 aliphatic carbocycles. The second-order valence-electron chi connectivity index (χ2n) is 2.34. The number of rotatable bonds is 2. The zero-order valence-corrected chi connectivity index (χ0v) is 13.3. The number of Topliss-reactive ketones (excluding diaryl/α,β-unsaturated/α-hetero) is 1. The first-order valence-electron chi connectivity index (χ1n) is 2.96. The van der Waals surface area contributed by atoms with Gasteiger partial charge in [-0.3, -0.25) is 6.79 Å². The molecule has 0 saturated heterocycles. The molecule has 2 radical (unpaired) electrons. The number of hydrogen-bond acceptors (Lipinski definition) is 2. The van der Waals surface area contributed by atoms with E-state index in [0.29, 0.717) is 6.42 Å². The van der Waals surface area contributed by atoms with Crippen molar-refractivity contribution in [2.75, 3.05) is 0 Å². The Labute approximate surface area is 125 Å². The van der Waals surface area contributed by atoms with Crippen LogP contribution in [0.5, 0.6) is 0 Å². The van der Waals surface area contributed by atoms with Crippen molar-refractivity contribution >= 4 is 12.6 Å². The van der Waals surface area contributed by atoms with Crippen LogP contribution in [0.2, 0.25) is 0 Å². The van der Waals surface area contributed by atoms with Crippen LogP contribution in [-0.2, 0) is 75.0 Å². The van der Waals surface area contributed by atoms with E-state index in [4.69, 9.17) is 4.79 Å². The minimum atomic E-state index is -0.630. The van der Waals surface area contributed by atoms with Crippen LogP contribution in [0.4, 0.5) is 0 Å². The van der Waals surface area contributed by atoms with Crippen molar-refractivity contribution < 1.29 is 75.0 Å². The molecule has 0 aliphatic rings. The van der Waals surface area contributed by atoms with Crippen molar-refractivity contribution in [2.45, 2.75) is 20.3 Å². The number of carbonyl (C=O) groups is 1. The maximum atomic E-state index is 10.7. The summed E-state index contributed by atoms with van der Waals surface area (Å²) in [4.78, 5) is 18.5. The Hall–Kier alpha value is 1.55. The smallest absolute Gasteiger partial charge is 0.0798 e. The maximum absolute atomic E-state index is 10.7. The Balaban J connectivity index is -0.0000000740. The summed E-state index contributed by atoms with van der Waals surface area (Å²) in [6, 6.07) is 0. The van der Waals surface area contributed by atoms with Gasteiger partial charge < -0.3 is 23.4 Å². The van der Waals surface area contributed by atoms with E-state index < -0.39 is 5.41 Å². The molecule has 0 N–H and O–H groups in total. The first kappa shape index (κ1) is 23.4. The van der Waals surface area contributed by atoms with Crippen molar-refractivity contribution in [3.05, 3.63) is 13.8 Å². The average molecular weight is 319 g/mol. The molecule has 66 valence electrons. The van der Waals surface area contributed by atoms with Gasteiger partial charge >= 0.3 is 0 Å². The summed E-state index contributed by atoms with van der Waals surface area (Å²) in [6.45, 7) is 13.9. The third-order valence-electron chi connectivity index (χ3n) is 0.994. The molecule has 0 amide bonds. The largest absolute Gasteiger partial charge is 0.545 e. The molecule has 0 heterocycles. The summed E-state index contributed by atoms with van der Waals surface area (Å²) >= 11 is 0. The summed E-state index contributed by atoms with van der Waals surface area (Å²) in [5.74, 6) is 0.109. The number of carbonyl (C=O) groups excluding carboxylic acids is 2. The zero-order valence-electron chi connectivity index (χ0n) is 7.67. The van der Waals surface area contributed by atoms with Gasteiger partial charge in [0.15, 0.2) is 0 Å². The molecular weight excluding hydrogens is 306 g/mol. The normalized spacial score (nSPS) is 8.00. The molecule has 0 aromatic carbocycles. The van der Waals surface area contributed by atoms with E-state index in [1.54, 1.807) is 6.92 Å². The quantitative estimate of drug-likeness (QED) is 0.569. The molecule has 0 saturated carbocycles. The molecular formula is C8H13O2Y2-3. The fourth-order valence-corrected chi connectivity index (χ4v) is 0.427. The van der Waals surface area contributed by atoms with Crippen LogP contribution in [0.3, 0.4) is 0 Å². The zero-order chi connectivity index (χ0) is 8.78. The van der Waals surface area contributed by atoms with Gasteiger partial charge in [0.05, 0.1) is 5.78 Å². The summed E-state index contributed by atoms with van der Waals surface area (Å²) in [6.07, 6.45) is 0.531. The van der Waals surface area contributed by atoms with Crippen molar-refractivity contribution in [3.8, 4) is 0 Å². The Morgan fingerprint density at radius 2 is 1.58 bits per heavy atom. The van der Waals surface area contributed by atoms with Gasteiger partial charge in [-0.2, -0.15) is 0 Å². The molecule has 0 bridgehead atoms. The predicted molar refractivity (Wildman–Crippen MR) is 40.9 cm³/mol. The summed E-state index contributed by atoms with van der Waals surface area (Å²) in [5.41, 5.74) is -0.630. The van der Waals surface area contributed by atoms with Crippen molar-refractivity contribution in [2.24, 2.45) is 5.41 Å². The molecule has 0 unspecified atom stereocenters. The summed E-state index contributed by atoms with van der Waals surface area (Å²) in [7, 11) is 0. The molecule has 0 aromatic rings. The SMILES string of the molecule is [CH-]=O.[CH2-]C([CH2-])(C)C(=O)CC.[Y].[Y]. The van der Waals surface area contributed by atoms with Crippen molar-refractivity contribution in [3.63, 3.8) is 0 Å². The monoisotopic (exact) mass is 319 g/mol. The van der Waals surface area contributed by atoms with Gasteiger partial charge in [-0.1, -0.05) is 6.92 Å². The predicted octanol–water partition coefficient (Wildman–Crippen LogP) is 1.36. The summed E-state index contributed by atoms with van der Waals surface area (Å²) in [5, 5.41) is 0. The Bertz CT molecular complexity index is 108. The van der Waals surface area contributed by atoms with Gasteiger partial charge in [-0.15, -0.1) is 6.92 Å². The van der Waals surface area contributed by atoms with Crippen LogP contribution in [0.15, 0.2) is 0 Å². The van der Waals surface area contributed by atoms with Crippen LogP contribution in [0.25, 0.3) is 0 Å². The second kappa shape index (κ2) is 12.5. The van der Waals surface area contributed by atoms with Gasteiger partial charge in [0, 0.05) is 65.4 Å². The fraction of sp³-hybridized carbons (Fsp3) is 0.500. The fourth-order valence-electron chi connectivity index (χ4n) is 0.427. The Kier molecular flexibility index (Phi) is 24.5. The van der Waals surface area contributed by atoms with E-state index in [1.165, 1.54) is 0 Å². The van der Waals surface area contributed by atoms with E-state index >= 15 is 0 Å². The van der Waals surface area contributed by atoms with Crippen LogP contribution in [0, 0.1) is 19.3 Å². The molecule has 2 nitrogen and oxygen atoms in total. The summed E-state index contributed by atoms with van der Waals surface area (Å²) < 4.78 is 0. The van der Waals surface area contributed by atoms with E-state index in [2.05, 4.69) is 20.6 Å². The third-order valence-corrected chi connectivity index (χ3v) is 0.994. The minimum absolute atomic E-state index is 0. The van der Waals surface area contributed by atoms with Gasteiger partial charge in [0.25, 0.3) is 0 Å². The van der Waals surface area contributed by atoms with E-state index in [9.17, 15) is 4.79 Å². The molecule has 0 atom stereocenters. The van der Waals surface area contributed by atoms with Crippen LogP contribution in [0.1, 0.15) is 20.3 Å². The first-order valence-corrected chi connectivity index (χ1v) is 2.96. The molecule has 0 fully saturated rings. The van der Waals surface area contributed by atoms with Crippen LogP contribution >= 0.6 is 0 Å². The van der Waals surface area contributed by atoms with Crippen LogP contribution in [-0.4, -0.2) is 12.6 Å². The van der Waals surface area contributed by atoms with Gasteiger partial charge in [0.1, 0.15) is 0 Å². The number of ketones is 1. The molecule has 4 heteroatoms. The van der Waals surface area contributed by atoms with Gasteiger partial charge in [-0.05, 0) is 6.42 Å². The van der Waals surface area contributed by atoms with Crippen molar-refractivity contribution in [1.29, 1.82) is 0 Å². The molecule has 0 rings (SSSR count). The third kappa shape index (κ3) is 14.1. The second-order valence-corrected chi connectivity index (χ2v) is 2.34. The van der Waals surface area contributed by atoms with Gasteiger partial charge in [-0.25, -0.2) is 5.41 Å². The van der Waals surface area contributed by atoms with Crippen molar-refractivity contribution in [1.82, 2.24) is 0 Å². The van der Waals surface area contributed by atoms with Gasteiger partial charge in [0.2, 0.25) is 0 Å². The van der Waals surface area contributed by atoms with E-state index in [1.807, 2.05) is 6.92 Å². The molecule has 0 aliphatic heterocycles. The Morgan fingerprint density at radius 3 is 1.58 bits per heavy atom.